The summed E-state index contributed by atoms with van der Waals surface area (Å²) in [5, 5.41) is 3.48. The van der Waals surface area contributed by atoms with Gasteiger partial charge >= 0.3 is 0 Å². The predicted octanol–water partition coefficient (Wildman–Crippen LogP) is 3.48. The molecule has 0 heterocycles. The molecule has 0 saturated heterocycles. The Balaban J connectivity index is 2.19. The molecule has 3 N–H and O–H groups in total. The number of nitrogens with two attached hydrogens (primary N) is 1. The second-order valence-electron chi connectivity index (χ2n) is 5.09. The van der Waals surface area contributed by atoms with Crippen molar-refractivity contribution in [2.75, 3.05) is 6.54 Å². The third-order valence-electron chi connectivity index (χ3n) is 3.60. The van der Waals surface area contributed by atoms with Crippen molar-refractivity contribution in [1.29, 1.82) is 0 Å². The molecule has 2 atom stereocenters. The average Bonchev–Trinajstić information content (AvgIpc) is 2.48. The molecule has 2 aromatic rings. The summed E-state index contributed by atoms with van der Waals surface area (Å²) in [6.45, 7) is 4.50. The minimum Gasteiger partial charge on any atom is -0.329 e. The van der Waals surface area contributed by atoms with E-state index in [4.69, 9.17) is 5.73 Å². The first kappa shape index (κ1) is 14.7. The molecule has 0 aliphatic carbocycles. The smallest absolute Gasteiger partial charge is 0.123 e. The van der Waals surface area contributed by atoms with Gasteiger partial charge in [0.1, 0.15) is 5.82 Å². The highest BCUT2D eigenvalue weighted by Gasteiger charge is 2.16. The van der Waals surface area contributed by atoms with Gasteiger partial charge in [-0.15, -0.1) is 0 Å². The van der Waals surface area contributed by atoms with Crippen LogP contribution in [0.3, 0.4) is 0 Å². The van der Waals surface area contributed by atoms with E-state index in [0.29, 0.717) is 6.54 Å². The van der Waals surface area contributed by atoms with Crippen LogP contribution in [0.2, 0.25) is 0 Å². The van der Waals surface area contributed by atoms with Crippen molar-refractivity contribution in [2.24, 2.45) is 5.73 Å². The molecule has 0 saturated carbocycles. The fourth-order valence-electron chi connectivity index (χ4n) is 2.41. The van der Waals surface area contributed by atoms with Crippen molar-refractivity contribution >= 4 is 0 Å². The second-order valence-corrected chi connectivity index (χ2v) is 5.09. The van der Waals surface area contributed by atoms with E-state index in [1.165, 1.54) is 11.6 Å². The quantitative estimate of drug-likeness (QED) is 0.874. The summed E-state index contributed by atoms with van der Waals surface area (Å²) in [6.07, 6.45) is 0. The fourth-order valence-corrected chi connectivity index (χ4v) is 2.41. The van der Waals surface area contributed by atoms with Gasteiger partial charge in [-0.25, -0.2) is 4.39 Å². The maximum Gasteiger partial charge on any atom is 0.123 e. The highest BCUT2D eigenvalue weighted by Crippen LogP contribution is 2.22. The highest BCUT2D eigenvalue weighted by molar-refractivity contribution is 5.30. The van der Waals surface area contributed by atoms with E-state index in [-0.39, 0.29) is 17.9 Å². The standard InChI is InChI=1S/C17H21FN2/c1-12-8-9-15(18)10-16(12)17(11-19)20-13(2)14-6-4-3-5-7-14/h3-10,13,17,20H,11,19H2,1-2H3. The average molecular weight is 272 g/mol. The predicted molar refractivity (Wildman–Crippen MR) is 80.9 cm³/mol. The first-order valence-corrected chi connectivity index (χ1v) is 6.89. The zero-order chi connectivity index (χ0) is 14.5. The summed E-state index contributed by atoms with van der Waals surface area (Å²) in [4.78, 5) is 0. The lowest BCUT2D eigenvalue weighted by Crippen LogP contribution is -2.31. The summed E-state index contributed by atoms with van der Waals surface area (Å²) in [6, 6.07) is 15.1. The van der Waals surface area contributed by atoms with Crippen LogP contribution in [0.4, 0.5) is 4.39 Å². The lowest BCUT2D eigenvalue weighted by molar-refractivity contribution is 0.469. The molecule has 2 unspecified atom stereocenters. The molecule has 0 fully saturated rings. The van der Waals surface area contributed by atoms with Gasteiger partial charge < -0.3 is 11.1 Å². The van der Waals surface area contributed by atoms with Gasteiger partial charge in [-0.3, -0.25) is 0 Å². The normalized spacial score (nSPS) is 14.0. The van der Waals surface area contributed by atoms with Crippen molar-refractivity contribution < 1.29 is 4.39 Å². The number of halogens is 1. The van der Waals surface area contributed by atoms with Crippen molar-refractivity contribution in [2.45, 2.75) is 25.9 Å². The first-order valence-electron chi connectivity index (χ1n) is 6.89. The Morgan fingerprint density at radius 1 is 1.15 bits per heavy atom. The number of rotatable bonds is 5. The number of aryl methyl sites for hydroxylation is 1. The lowest BCUT2D eigenvalue weighted by Gasteiger charge is -2.24. The maximum absolute atomic E-state index is 13.4. The number of hydrogen-bond acceptors (Lipinski definition) is 2. The minimum absolute atomic E-state index is 0.0547. The molecule has 0 aliphatic heterocycles. The van der Waals surface area contributed by atoms with Crippen molar-refractivity contribution in [3.63, 3.8) is 0 Å². The summed E-state index contributed by atoms with van der Waals surface area (Å²) in [7, 11) is 0. The number of hydrogen-bond donors (Lipinski definition) is 2. The van der Waals surface area contributed by atoms with E-state index in [1.54, 1.807) is 12.1 Å². The van der Waals surface area contributed by atoms with Gasteiger partial charge in [-0.1, -0.05) is 36.4 Å². The topological polar surface area (TPSA) is 38.0 Å². The Bertz CT molecular complexity index is 554. The van der Waals surface area contributed by atoms with E-state index >= 15 is 0 Å². The molecular formula is C17H21FN2. The van der Waals surface area contributed by atoms with Gasteiger partial charge in [0.05, 0.1) is 0 Å². The van der Waals surface area contributed by atoms with Crippen molar-refractivity contribution in [1.82, 2.24) is 5.32 Å². The van der Waals surface area contributed by atoms with Gasteiger partial charge in [0.2, 0.25) is 0 Å². The molecule has 2 aromatic carbocycles. The van der Waals surface area contributed by atoms with E-state index < -0.39 is 0 Å². The third-order valence-corrected chi connectivity index (χ3v) is 3.60. The van der Waals surface area contributed by atoms with Crippen LogP contribution < -0.4 is 11.1 Å². The largest absolute Gasteiger partial charge is 0.329 e. The van der Waals surface area contributed by atoms with Crippen LogP contribution >= 0.6 is 0 Å². The van der Waals surface area contributed by atoms with E-state index in [1.807, 2.05) is 25.1 Å². The molecule has 0 radical (unpaired) electrons. The molecule has 0 amide bonds. The molecule has 0 spiro atoms. The molecule has 2 rings (SSSR count). The molecule has 20 heavy (non-hydrogen) atoms. The van der Waals surface area contributed by atoms with Crippen LogP contribution in [0.5, 0.6) is 0 Å². The summed E-state index contributed by atoms with van der Waals surface area (Å²) in [5.41, 5.74) is 9.04. The highest BCUT2D eigenvalue weighted by atomic mass is 19.1. The Labute approximate surface area is 119 Å². The Kier molecular flexibility index (Phi) is 4.88. The lowest BCUT2D eigenvalue weighted by atomic mass is 9.99. The van der Waals surface area contributed by atoms with Gasteiger partial charge in [0.25, 0.3) is 0 Å². The Morgan fingerprint density at radius 3 is 2.50 bits per heavy atom. The van der Waals surface area contributed by atoms with E-state index in [0.717, 1.165) is 11.1 Å². The summed E-state index contributed by atoms with van der Waals surface area (Å²) < 4.78 is 13.4. The van der Waals surface area contributed by atoms with Crippen molar-refractivity contribution in [3.05, 3.63) is 71.0 Å². The van der Waals surface area contributed by atoms with Gasteiger partial charge in [0.15, 0.2) is 0 Å². The Morgan fingerprint density at radius 2 is 1.85 bits per heavy atom. The van der Waals surface area contributed by atoms with E-state index in [2.05, 4.69) is 24.4 Å². The van der Waals surface area contributed by atoms with Crippen LogP contribution in [-0.2, 0) is 0 Å². The SMILES string of the molecule is Cc1ccc(F)cc1C(CN)NC(C)c1ccccc1. The van der Waals surface area contributed by atoms with Gasteiger partial charge in [-0.05, 0) is 42.7 Å². The molecule has 0 aromatic heterocycles. The Hall–Kier alpha value is -1.71. The number of benzene rings is 2. The molecule has 0 bridgehead atoms. The van der Waals surface area contributed by atoms with Crippen molar-refractivity contribution in [3.8, 4) is 0 Å². The number of nitrogens with one attached hydrogen (secondary N) is 1. The fraction of sp³-hybridized carbons (Fsp3) is 0.294. The van der Waals surface area contributed by atoms with Crippen LogP contribution in [0.15, 0.2) is 48.5 Å². The van der Waals surface area contributed by atoms with Gasteiger partial charge in [0, 0.05) is 18.6 Å². The first-order chi connectivity index (χ1) is 9.61. The zero-order valence-corrected chi connectivity index (χ0v) is 11.9. The minimum atomic E-state index is -0.224. The van der Waals surface area contributed by atoms with Crippen LogP contribution in [0.1, 0.15) is 35.7 Å². The summed E-state index contributed by atoms with van der Waals surface area (Å²) in [5.74, 6) is -0.224. The molecule has 0 aliphatic rings. The third kappa shape index (κ3) is 3.44. The summed E-state index contributed by atoms with van der Waals surface area (Å²) >= 11 is 0. The molecule has 2 nitrogen and oxygen atoms in total. The molecular weight excluding hydrogens is 251 g/mol. The zero-order valence-electron chi connectivity index (χ0n) is 11.9. The second kappa shape index (κ2) is 6.64. The molecule has 106 valence electrons. The van der Waals surface area contributed by atoms with E-state index in [9.17, 15) is 4.39 Å². The van der Waals surface area contributed by atoms with Crippen LogP contribution in [-0.4, -0.2) is 6.54 Å². The molecule has 3 heteroatoms. The van der Waals surface area contributed by atoms with Crippen LogP contribution in [0, 0.1) is 12.7 Å². The maximum atomic E-state index is 13.4. The monoisotopic (exact) mass is 272 g/mol. The van der Waals surface area contributed by atoms with Crippen LogP contribution in [0.25, 0.3) is 0 Å². The van der Waals surface area contributed by atoms with Gasteiger partial charge in [-0.2, -0.15) is 0 Å².